The van der Waals surface area contributed by atoms with Crippen LogP contribution in [0.25, 0.3) is 0 Å². The van der Waals surface area contributed by atoms with Crippen LogP contribution in [0.15, 0.2) is 0 Å². The molecule has 4 heteroatoms. The van der Waals surface area contributed by atoms with E-state index in [1.54, 1.807) is 0 Å². The molecule has 1 aliphatic heterocycles. The predicted molar refractivity (Wildman–Crippen MR) is 54.8 cm³/mol. The highest BCUT2D eigenvalue weighted by Gasteiger charge is 2.41. The molecule has 0 atom stereocenters. The number of rotatable bonds is 0. The molecule has 4 nitrogen and oxygen atoms in total. The van der Waals surface area contributed by atoms with Crippen LogP contribution >= 0.6 is 0 Å². The number of hydrogen-bond donors (Lipinski definition) is 2. The minimum absolute atomic E-state index is 0.146. The molecule has 1 amide bonds. The molecule has 1 heterocycles. The molecule has 0 aromatic heterocycles. The Morgan fingerprint density at radius 3 is 2.71 bits per heavy atom. The predicted octanol–water partition coefficient (Wildman–Crippen LogP) is -0.312. The number of nitrogens with one attached hydrogen (secondary N) is 1. The molecular weight excluding hydrogens is 178 g/mol. The van der Waals surface area contributed by atoms with Gasteiger partial charge in [0.05, 0.1) is 6.54 Å². The van der Waals surface area contributed by atoms with Crippen LogP contribution in [-0.2, 0) is 4.79 Å². The van der Waals surface area contributed by atoms with E-state index in [0.29, 0.717) is 12.6 Å². The van der Waals surface area contributed by atoms with Gasteiger partial charge in [0.15, 0.2) is 0 Å². The van der Waals surface area contributed by atoms with Gasteiger partial charge < -0.3 is 11.1 Å². The van der Waals surface area contributed by atoms with E-state index in [0.717, 1.165) is 32.2 Å². The van der Waals surface area contributed by atoms with Crippen LogP contribution in [0.3, 0.4) is 0 Å². The van der Waals surface area contributed by atoms with Gasteiger partial charge in [-0.3, -0.25) is 9.69 Å². The first-order valence-electron chi connectivity index (χ1n) is 5.36. The van der Waals surface area contributed by atoms with Crippen LogP contribution in [0.2, 0.25) is 0 Å². The first-order valence-corrected chi connectivity index (χ1v) is 5.36. The van der Waals surface area contributed by atoms with Crippen molar-refractivity contribution < 1.29 is 4.79 Å². The zero-order valence-corrected chi connectivity index (χ0v) is 8.75. The van der Waals surface area contributed by atoms with Crippen molar-refractivity contribution in [2.24, 2.45) is 5.73 Å². The van der Waals surface area contributed by atoms with Crippen LogP contribution in [0.5, 0.6) is 0 Å². The highest BCUT2D eigenvalue weighted by atomic mass is 16.2. The number of hydrogen-bond acceptors (Lipinski definition) is 3. The van der Waals surface area contributed by atoms with Crippen molar-refractivity contribution in [1.29, 1.82) is 0 Å². The number of amides is 1. The van der Waals surface area contributed by atoms with E-state index < -0.39 is 0 Å². The van der Waals surface area contributed by atoms with Crippen molar-refractivity contribution in [3.05, 3.63) is 0 Å². The minimum atomic E-state index is 0.146. The zero-order valence-electron chi connectivity index (χ0n) is 8.75. The second kappa shape index (κ2) is 3.51. The van der Waals surface area contributed by atoms with E-state index in [1.165, 1.54) is 0 Å². The molecule has 0 bridgehead atoms. The van der Waals surface area contributed by atoms with E-state index >= 15 is 0 Å². The van der Waals surface area contributed by atoms with E-state index in [-0.39, 0.29) is 11.4 Å². The summed E-state index contributed by atoms with van der Waals surface area (Å²) in [5, 5.41) is 2.97. The molecule has 2 fully saturated rings. The lowest BCUT2D eigenvalue weighted by Gasteiger charge is -2.48. The Balaban J connectivity index is 2.04. The normalized spacial score (nSPS) is 39.9. The first kappa shape index (κ1) is 9.93. The van der Waals surface area contributed by atoms with Gasteiger partial charge in [0.2, 0.25) is 5.91 Å². The SMILES string of the molecule is CN1CC(=O)NCC12CCC(N)CC2. The van der Waals surface area contributed by atoms with Crippen molar-refractivity contribution in [3.63, 3.8) is 0 Å². The van der Waals surface area contributed by atoms with Crippen molar-refractivity contribution in [2.75, 3.05) is 20.1 Å². The molecule has 0 unspecified atom stereocenters. The summed E-state index contributed by atoms with van der Waals surface area (Å²) in [6.45, 7) is 1.34. The molecular formula is C10H19N3O. The van der Waals surface area contributed by atoms with Crippen molar-refractivity contribution in [2.45, 2.75) is 37.3 Å². The van der Waals surface area contributed by atoms with Gasteiger partial charge in [-0.25, -0.2) is 0 Å². The molecule has 1 saturated heterocycles. The van der Waals surface area contributed by atoms with Gasteiger partial charge in [0.1, 0.15) is 0 Å². The Morgan fingerprint density at radius 2 is 2.14 bits per heavy atom. The third-order valence-electron chi connectivity index (χ3n) is 3.77. The lowest BCUT2D eigenvalue weighted by atomic mass is 9.77. The standard InChI is InChI=1S/C10H19N3O/c1-13-6-9(14)12-7-10(13)4-2-8(11)3-5-10/h8H,2-7,11H2,1H3,(H,12,14). The Bertz CT molecular complexity index is 234. The summed E-state index contributed by atoms with van der Waals surface area (Å²) < 4.78 is 0. The maximum Gasteiger partial charge on any atom is 0.234 e. The van der Waals surface area contributed by atoms with Crippen LogP contribution in [0.4, 0.5) is 0 Å². The maximum absolute atomic E-state index is 11.2. The number of nitrogens with zero attached hydrogens (tertiary/aromatic N) is 1. The van der Waals surface area contributed by atoms with Crippen molar-refractivity contribution in [3.8, 4) is 0 Å². The zero-order chi connectivity index (χ0) is 10.2. The summed E-state index contributed by atoms with van der Waals surface area (Å²) in [6.07, 6.45) is 4.40. The second-order valence-corrected chi connectivity index (χ2v) is 4.69. The summed E-state index contributed by atoms with van der Waals surface area (Å²) in [5.74, 6) is 0.146. The highest BCUT2D eigenvalue weighted by molar-refractivity contribution is 5.79. The van der Waals surface area contributed by atoms with Gasteiger partial charge in [0, 0.05) is 18.1 Å². The average molecular weight is 197 g/mol. The number of carbonyl (C=O) groups is 1. The fraction of sp³-hybridized carbons (Fsp3) is 0.900. The minimum Gasteiger partial charge on any atom is -0.353 e. The summed E-state index contributed by atoms with van der Waals surface area (Å²) in [5.41, 5.74) is 6.09. The number of nitrogens with two attached hydrogens (primary N) is 1. The molecule has 1 aliphatic carbocycles. The molecule has 0 aromatic rings. The molecule has 0 aromatic carbocycles. The maximum atomic E-state index is 11.2. The van der Waals surface area contributed by atoms with E-state index in [4.69, 9.17) is 5.73 Å². The Labute approximate surface area is 84.8 Å². The lowest BCUT2D eigenvalue weighted by molar-refractivity contribution is -0.128. The van der Waals surface area contributed by atoms with E-state index in [1.807, 2.05) is 0 Å². The molecule has 1 spiro atoms. The van der Waals surface area contributed by atoms with Crippen LogP contribution in [-0.4, -0.2) is 42.5 Å². The largest absolute Gasteiger partial charge is 0.353 e. The first-order chi connectivity index (χ1) is 6.62. The Kier molecular flexibility index (Phi) is 2.49. The summed E-state index contributed by atoms with van der Waals surface area (Å²) in [4.78, 5) is 13.4. The van der Waals surface area contributed by atoms with Gasteiger partial charge in [-0.1, -0.05) is 0 Å². The molecule has 80 valence electrons. The summed E-state index contributed by atoms with van der Waals surface area (Å²) in [7, 11) is 2.05. The topological polar surface area (TPSA) is 58.4 Å². The number of likely N-dealkylation sites (N-methyl/N-ethyl adjacent to an activating group) is 1. The fourth-order valence-corrected chi connectivity index (χ4v) is 2.57. The Morgan fingerprint density at radius 1 is 1.50 bits per heavy atom. The van der Waals surface area contributed by atoms with Crippen LogP contribution in [0, 0.1) is 0 Å². The third kappa shape index (κ3) is 1.64. The average Bonchev–Trinajstić information content (AvgIpc) is 2.16. The highest BCUT2D eigenvalue weighted by Crippen LogP contribution is 2.33. The lowest BCUT2D eigenvalue weighted by Crippen LogP contribution is -2.63. The van der Waals surface area contributed by atoms with E-state index in [9.17, 15) is 4.79 Å². The van der Waals surface area contributed by atoms with Crippen molar-refractivity contribution >= 4 is 5.91 Å². The van der Waals surface area contributed by atoms with Crippen LogP contribution < -0.4 is 11.1 Å². The van der Waals surface area contributed by atoms with Crippen molar-refractivity contribution in [1.82, 2.24) is 10.2 Å². The van der Waals surface area contributed by atoms with E-state index in [2.05, 4.69) is 17.3 Å². The monoisotopic (exact) mass is 197 g/mol. The summed E-state index contributed by atoms with van der Waals surface area (Å²) >= 11 is 0. The van der Waals surface area contributed by atoms with Crippen LogP contribution in [0.1, 0.15) is 25.7 Å². The molecule has 3 N–H and O–H groups in total. The van der Waals surface area contributed by atoms with Gasteiger partial charge in [-0.2, -0.15) is 0 Å². The van der Waals surface area contributed by atoms with Gasteiger partial charge >= 0.3 is 0 Å². The molecule has 1 saturated carbocycles. The smallest absolute Gasteiger partial charge is 0.234 e. The molecule has 14 heavy (non-hydrogen) atoms. The quantitative estimate of drug-likeness (QED) is 0.560. The summed E-state index contributed by atoms with van der Waals surface area (Å²) in [6, 6.07) is 0.367. The van der Waals surface area contributed by atoms with Gasteiger partial charge in [-0.05, 0) is 32.7 Å². The molecule has 2 rings (SSSR count). The van der Waals surface area contributed by atoms with Gasteiger partial charge in [0.25, 0.3) is 0 Å². The molecule has 0 radical (unpaired) electrons. The Hall–Kier alpha value is -0.610. The third-order valence-corrected chi connectivity index (χ3v) is 3.77. The second-order valence-electron chi connectivity index (χ2n) is 4.69. The molecule has 2 aliphatic rings. The number of piperazine rings is 1. The fourth-order valence-electron chi connectivity index (χ4n) is 2.57. The van der Waals surface area contributed by atoms with Gasteiger partial charge in [-0.15, -0.1) is 0 Å². The number of carbonyl (C=O) groups excluding carboxylic acids is 1.